The van der Waals surface area contributed by atoms with Crippen LogP contribution in [0, 0.1) is 5.92 Å². The van der Waals surface area contributed by atoms with Crippen molar-refractivity contribution in [2.24, 2.45) is 11.7 Å². The minimum absolute atomic E-state index is 0.221. The SMILES string of the molecule is CC(C)Cc1ccc([C@@H](C)C(N)=[NH+]CCc2ccccc2)cc1. The van der Waals surface area contributed by atoms with Gasteiger partial charge < -0.3 is 0 Å². The van der Waals surface area contributed by atoms with Crippen LogP contribution in [0.15, 0.2) is 54.6 Å². The lowest BCUT2D eigenvalue weighted by Crippen LogP contribution is -2.77. The quantitative estimate of drug-likeness (QED) is 0.599. The van der Waals surface area contributed by atoms with Crippen molar-refractivity contribution >= 4 is 5.84 Å². The van der Waals surface area contributed by atoms with Crippen LogP contribution in [0.3, 0.4) is 0 Å². The van der Waals surface area contributed by atoms with E-state index in [0.717, 1.165) is 25.2 Å². The van der Waals surface area contributed by atoms with E-state index in [2.05, 4.69) is 74.3 Å². The van der Waals surface area contributed by atoms with Crippen molar-refractivity contribution in [1.29, 1.82) is 0 Å². The largest absolute Gasteiger partial charge is 0.291 e. The molecule has 0 bridgehead atoms. The van der Waals surface area contributed by atoms with Crippen LogP contribution in [0.5, 0.6) is 0 Å². The highest BCUT2D eigenvalue weighted by Gasteiger charge is 2.14. The van der Waals surface area contributed by atoms with Gasteiger partial charge in [-0.15, -0.1) is 0 Å². The van der Waals surface area contributed by atoms with Gasteiger partial charge in [0, 0.05) is 6.42 Å². The number of amidine groups is 1. The molecule has 1 atom stereocenters. The zero-order chi connectivity index (χ0) is 16.7. The topological polar surface area (TPSA) is 40.0 Å². The lowest BCUT2D eigenvalue weighted by atomic mass is 9.96. The third-order valence-electron chi connectivity index (χ3n) is 4.18. The van der Waals surface area contributed by atoms with Gasteiger partial charge in [-0.2, -0.15) is 0 Å². The predicted octanol–water partition coefficient (Wildman–Crippen LogP) is 2.67. The van der Waals surface area contributed by atoms with Gasteiger partial charge in [0.05, 0.1) is 12.5 Å². The minimum atomic E-state index is 0.221. The number of rotatable bonds is 7. The van der Waals surface area contributed by atoms with E-state index in [1.54, 1.807) is 0 Å². The third-order valence-corrected chi connectivity index (χ3v) is 4.18. The van der Waals surface area contributed by atoms with Crippen molar-refractivity contribution < 1.29 is 4.99 Å². The molecular formula is C21H29N2+. The molecule has 0 heterocycles. The highest BCUT2D eigenvalue weighted by atomic mass is 14.9. The number of benzene rings is 2. The van der Waals surface area contributed by atoms with Crippen molar-refractivity contribution in [3.63, 3.8) is 0 Å². The van der Waals surface area contributed by atoms with E-state index in [-0.39, 0.29) is 5.92 Å². The molecule has 0 radical (unpaired) electrons. The normalized spacial score (nSPS) is 13.3. The fourth-order valence-corrected chi connectivity index (χ4v) is 2.74. The van der Waals surface area contributed by atoms with Crippen LogP contribution >= 0.6 is 0 Å². The summed E-state index contributed by atoms with van der Waals surface area (Å²) in [7, 11) is 0. The van der Waals surface area contributed by atoms with Crippen molar-refractivity contribution in [2.45, 2.75) is 39.5 Å². The first kappa shape index (κ1) is 17.3. The molecule has 2 nitrogen and oxygen atoms in total. The summed E-state index contributed by atoms with van der Waals surface area (Å²) in [5.41, 5.74) is 10.2. The van der Waals surface area contributed by atoms with Crippen LogP contribution < -0.4 is 10.7 Å². The number of nitrogens with one attached hydrogen (secondary N) is 1. The first-order chi connectivity index (χ1) is 11.1. The van der Waals surface area contributed by atoms with Gasteiger partial charge in [0.25, 0.3) is 0 Å². The van der Waals surface area contributed by atoms with Crippen LogP contribution in [0.2, 0.25) is 0 Å². The zero-order valence-corrected chi connectivity index (χ0v) is 14.5. The maximum Gasteiger partial charge on any atom is 0.247 e. The lowest BCUT2D eigenvalue weighted by Gasteiger charge is -2.10. The molecule has 2 heteroatoms. The summed E-state index contributed by atoms with van der Waals surface area (Å²) in [6.45, 7) is 7.52. The van der Waals surface area contributed by atoms with Gasteiger partial charge in [-0.05, 0) is 36.0 Å². The molecule has 0 amide bonds. The molecule has 0 aliphatic rings. The van der Waals surface area contributed by atoms with E-state index in [1.165, 1.54) is 16.7 Å². The maximum atomic E-state index is 6.24. The van der Waals surface area contributed by atoms with Crippen LogP contribution in [0.1, 0.15) is 43.4 Å². The van der Waals surface area contributed by atoms with Crippen LogP contribution in [-0.4, -0.2) is 12.4 Å². The Morgan fingerprint density at radius 3 is 2.17 bits per heavy atom. The smallest absolute Gasteiger partial charge is 0.247 e. The Bertz CT molecular complexity index is 612. The minimum Gasteiger partial charge on any atom is -0.291 e. The van der Waals surface area contributed by atoms with Crippen LogP contribution in [-0.2, 0) is 12.8 Å². The summed E-state index contributed by atoms with van der Waals surface area (Å²) in [5.74, 6) is 1.76. The molecule has 2 aromatic carbocycles. The molecule has 0 saturated carbocycles. The Morgan fingerprint density at radius 1 is 0.913 bits per heavy atom. The Hall–Kier alpha value is -2.09. The average molecular weight is 309 g/mol. The van der Waals surface area contributed by atoms with Crippen molar-refractivity contribution in [2.75, 3.05) is 6.54 Å². The standard InChI is InChI=1S/C21H28N2/c1-16(2)15-19-9-11-20(12-10-19)17(3)21(22)23-14-13-18-7-5-4-6-8-18/h4-12,16-17H,13-15H2,1-3H3,(H2,22,23)/p+1/t17-/m1/s1. The summed E-state index contributed by atoms with van der Waals surface area (Å²) >= 11 is 0. The summed E-state index contributed by atoms with van der Waals surface area (Å²) in [5, 5.41) is 0. The lowest BCUT2D eigenvalue weighted by molar-refractivity contribution is -0.459. The molecule has 0 aromatic heterocycles. The second-order valence-electron chi connectivity index (χ2n) is 6.68. The van der Waals surface area contributed by atoms with E-state index >= 15 is 0 Å². The summed E-state index contributed by atoms with van der Waals surface area (Å²) in [6.07, 6.45) is 2.12. The fourth-order valence-electron chi connectivity index (χ4n) is 2.74. The predicted molar refractivity (Wildman–Crippen MR) is 98.6 cm³/mol. The highest BCUT2D eigenvalue weighted by molar-refractivity contribution is 5.81. The molecule has 0 saturated heterocycles. The van der Waals surface area contributed by atoms with E-state index in [1.807, 2.05) is 6.07 Å². The second-order valence-corrected chi connectivity index (χ2v) is 6.68. The molecular weight excluding hydrogens is 280 g/mol. The summed E-state index contributed by atoms with van der Waals surface area (Å²) in [4.78, 5) is 3.37. The van der Waals surface area contributed by atoms with Crippen LogP contribution in [0.4, 0.5) is 0 Å². The Labute approximate surface area is 140 Å². The Kier molecular flexibility index (Phi) is 6.40. The molecule has 0 fully saturated rings. The Morgan fingerprint density at radius 2 is 1.57 bits per heavy atom. The molecule has 0 spiro atoms. The van der Waals surface area contributed by atoms with E-state index in [9.17, 15) is 0 Å². The average Bonchev–Trinajstić information content (AvgIpc) is 2.55. The molecule has 0 aliphatic carbocycles. The van der Waals surface area contributed by atoms with Crippen molar-refractivity contribution in [1.82, 2.24) is 0 Å². The molecule has 23 heavy (non-hydrogen) atoms. The first-order valence-electron chi connectivity index (χ1n) is 8.55. The van der Waals surface area contributed by atoms with Gasteiger partial charge in [-0.1, -0.05) is 68.4 Å². The van der Waals surface area contributed by atoms with E-state index in [0.29, 0.717) is 5.92 Å². The van der Waals surface area contributed by atoms with Gasteiger partial charge in [0.1, 0.15) is 0 Å². The van der Waals surface area contributed by atoms with Gasteiger partial charge >= 0.3 is 0 Å². The van der Waals surface area contributed by atoms with Crippen LogP contribution in [0.25, 0.3) is 0 Å². The third kappa shape index (κ3) is 5.55. The fraction of sp³-hybridized carbons (Fsp3) is 0.381. The van der Waals surface area contributed by atoms with Crippen molar-refractivity contribution in [3.05, 3.63) is 71.3 Å². The first-order valence-corrected chi connectivity index (χ1v) is 8.55. The van der Waals surface area contributed by atoms with E-state index in [4.69, 9.17) is 5.73 Å². The number of hydrogen-bond acceptors (Lipinski definition) is 0. The van der Waals surface area contributed by atoms with Gasteiger partial charge in [0.2, 0.25) is 5.84 Å². The van der Waals surface area contributed by atoms with Gasteiger partial charge in [-0.25, -0.2) is 0 Å². The van der Waals surface area contributed by atoms with Gasteiger partial charge in [0.15, 0.2) is 0 Å². The summed E-state index contributed by atoms with van der Waals surface area (Å²) in [6, 6.07) is 19.3. The molecule has 2 rings (SSSR count). The Balaban J connectivity index is 1.93. The second kappa shape index (κ2) is 8.52. The molecule has 2 aromatic rings. The van der Waals surface area contributed by atoms with Gasteiger partial charge in [-0.3, -0.25) is 10.7 Å². The molecule has 0 unspecified atom stereocenters. The van der Waals surface area contributed by atoms with E-state index < -0.39 is 0 Å². The maximum absolute atomic E-state index is 6.24. The number of hydrogen-bond donors (Lipinski definition) is 2. The molecule has 3 N–H and O–H groups in total. The molecule has 122 valence electrons. The monoisotopic (exact) mass is 309 g/mol. The van der Waals surface area contributed by atoms with Crippen molar-refractivity contribution in [3.8, 4) is 0 Å². The summed E-state index contributed by atoms with van der Waals surface area (Å²) < 4.78 is 0. The molecule has 0 aliphatic heterocycles. The highest BCUT2D eigenvalue weighted by Crippen LogP contribution is 2.16. The number of nitrogens with two attached hydrogens (primary N) is 1. The zero-order valence-electron chi connectivity index (χ0n) is 14.5.